The van der Waals surface area contributed by atoms with E-state index < -0.39 is 0 Å². The first-order valence-electron chi connectivity index (χ1n) is 6.24. The summed E-state index contributed by atoms with van der Waals surface area (Å²) in [4.78, 5) is 13.3. The van der Waals surface area contributed by atoms with Gasteiger partial charge in [-0.1, -0.05) is 18.0 Å². The number of hydrogen-bond donors (Lipinski definition) is 0. The second kappa shape index (κ2) is 5.54. The molecular weight excluding hydrogens is 234 g/mol. The lowest BCUT2D eigenvalue weighted by Crippen LogP contribution is -2.33. The average Bonchev–Trinajstić information content (AvgIpc) is 2.28. The molecule has 2 rings (SSSR count). The Balaban J connectivity index is 2.21. The minimum Gasteiger partial charge on any atom is -0.371 e. The van der Waals surface area contributed by atoms with Gasteiger partial charge in [0.1, 0.15) is 0 Å². The second-order valence-electron chi connectivity index (χ2n) is 4.66. The Morgan fingerprint density at radius 3 is 2.76 bits per heavy atom. The largest absolute Gasteiger partial charge is 0.371 e. The molecule has 0 saturated heterocycles. The number of nitrogens with zero attached hydrogens (tertiary/aromatic N) is 1. The van der Waals surface area contributed by atoms with Gasteiger partial charge >= 0.3 is 0 Å². The van der Waals surface area contributed by atoms with Crippen molar-refractivity contribution in [2.75, 3.05) is 18.0 Å². The third kappa shape index (κ3) is 2.81. The summed E-state index contributed by atoms with van der Waals surface area (Å²) in [6.07, 6.45) is 4.88. The van der Waals surface area contributed by atoms with Crippen LogP contribution in [0.15, 0.2) is 18.2 Å². The first-order valence-corrected chi connectivity index (χ1v) is 6.62. The molecule has 0 aliphatic heterocycles. The Labute approximate surface area is 108 Å². The van der Waals surface area contributed by atoms with E-state index in [2.05, 4.69) is 11.8 Å². The molecule has 0 unspecified atom stereocenters. The van der Waals surface area contributed by atoms with Gasteiger partial charge in [-0.3, -0.25) is 4.79 Å². The highest BCUT2D eigenvalue weighted by Gasteiger charge is 2.21. The molecule has 1 fully saturated rings. The van der Waals surface area contributed by atoms with Crippen molar-refractivity contribution in [2.45, 2.75) is 26.2 Å². The summed E-state index contributed by atoms with van der Waals surface area (Å²) in [6.45, 7) is 4.07. The summed E-state index contributed by atoms with van der Waals surface area (Å²) in [5.41, 5.74) is 1.71. The predicted octanol–water partition coefficient (Wildman–Crippen LogP) is 3.78. The van der Waals surface area contributed by atoms with Crippen molar-refractivity contribution >= 4 is 23.6 Å². The fraction of sp³-hybridized carbons (Fsp3) is 0.500. The molecule has 17 heavy (non-hydrogen) atoms. The number of aldehydes is 1. The van der Waals surface area contributed by atoms with Crippen molar-refractivity contribution in [1.29, 1.82) is 0 Å². The van der Waals surface area contributed by atoms with Crippen LogP contribution in [0.2, 0.25) is 5.02 Å². The number of halogens is 1. The zero-order valence-corrected chi connectivity index (χ0v) is 10.9. The maximum Gasteiger partial charge on any atom is 0.152 e. The molecule has 3 heteroatoms. The molecule has 1 aromatic carbocycles. The number of hydrogen-bond acceptors (Lipinski definition) is 2. The van der Waals surface area contributed by atoms with E-state index in [-0.39, 0.29) is 0 Å². The van der Waals surface area contributed by atoms with Crippen molar-refractivity contribution < 1.29 is 4.79 Å². The minimum absolute atomic E-state index is 0.692. The van der Waals surface area contributed by atoms with Crippen LogP contribution in [-0.2, 0) is 0 Å². The molecule has 92 valence electrons. The van der Waals surface area contributed by atoms with E-state index in [9.17, 15) is 4.79 Å². The molecule has 0 N–H and O–H groups in total. The molecular formula is C14H18ClNO. The Hall–Kier alpha value is -1.02. The molecule has 0 amide bonds. The Bertz CT molecular complexity index is 401. The van der Waals surface area contributed by atoms with Crippen LogP contribution in [0, 0.1) is 5.92 Å². The molecule has 0 bridgehead atoms. The third-order valence-corrected chi connectivity index (χ3v) is 3.78. The summed E-state index contributed by atoms with van der Waals surface area (Å²) in [5.74, 6) is 0.786. The monoisotopic (exact) mass is 251 g/mol. The van der Waals surface area contributed by atoms with Crippen LogP contribution in [-0.4, -0.2) is 19.4 Å². The van der Waals surface area contributed by atoms with E-state index in [4.69, 9.17) is 11.6 Å². The van der Waals surface area contributed by atoms with Gasteiger partial charge in [0.25, 0.3) is 0 Å². The van der Waals surface area contributed by atoms with Gasteiger partial charge in [-0.05, 0) is 43.9 Å². The van der Waals surface area contributed by atoms with E-state index in [0.29, 0.717) is 5.02 Å². The summed E-state index contributed by atoms with van der Waals surface area (Å²) in [5, 5.41) is 0.692. The Morgan fingerprint density at radius 1 is 1.47 bits per heavy atom. The highest BCUT2D eigenvalue weighted by atomic mass is 35.5. The van der Waals surface area contributed by atoms with E-state index in [1.54, 1.807) is 12.1 Å². The second-order valence-corrected chi connectivity index (χ2v) is 5.09. The molecule has 0 aromatic heterocycles. The summed E-state index contributed by atoms with van der Waals surface area (Å²) < 4.78 is 0. The van der Waals surface area contributed by atoms with Crippen LogP contribution in [0.1, 0.15) is 36.5 Å². The quantitative estimate of drug-likeness (QED) is 0.743. The summed E-state index contributed by atoms with van der Waals surface area (Å²) in [6, 6.07) is 5.47. The number of carbonyl (C=O) groups excluding carboxylic acids is 1. The van der Waals surface area contributed by atoms with Crippen LogP contribution >= 0.6 is 11.6 Å². The fourth-order valence-corrected chi connectivity index (χ4v) is 2.44. The molecule has 0 spiro atoms. The van der Waals surface area contributed by atoms with Crippen LogP contribution < -0.4 is 4.90 Å². The number of carbonyl (C=O) groups is 1. The summed E-state index contributed by atoms with van der Waals surface area (Å²) in [7, 11) is 0. The van der Waals surface area contributed by atoms with Crippen LogP contribution in [0.25, 0.3) is 0 Å². The lowest BCUT2D eigenvalue weighted by molar-refractivity contribution is 0.112. The molecule has 1 aromatic rings. The summed E-state index contributed by atoms with van der Waals surface area (Å²) >= 11 is 6.02. The maximum atomic E-state index is 11.1. The van der Waals surface area contributed by atoms with Crippen molar-refractivity contribution in [3.05, 3.63) is 28.8 Å². The minimum atomic E-state index is 0.692. The lowest BCUT2D eigenvalue weighted by Gasteiger charge is -2.33. The number of anilines is 1. The Morgan fingerprint density at radius 2 is 2.24 bits per heavy atom. The molecule has 1 aliphatic carbocycles. The van der Waals surface area contributed by atoms with Gasteiger partial charge in [-0.2, -0.15) is 0 Å². The molecule has 1 saturated carbocycles. The number of benzene rings is 1. The van der Waals surface area contributed by atoms with E-state index in [1.165, 1.54) is 19.3 Å². The van der Waals surface area contributed by atoms with E-state index in [0.717, 1.165) is 36.5 Å². The van der Waals surface area contributed by atoms with Gasteiger partial charge in [0.2, 0.25) is 0 Å². The van der Waals surface area contributed by atoms with Gasteiger partial charge in [-0.25, -0.2) is 0 Å². The molecule has 1 aliphatic rings. The number of rotatable bonds is 5. The van der Waals surface area contributed by atoms with Gasteiger partial charge in [-0.15, -0.1) is 0 Å². The van der Waals surface area contributed by atoms with Crippen molar-refractivity contribution in [3.63, 3.8) is 0 Å². The SMILES string of the molecule is CCN(CC1CCC1)c1cc(Cl)ccc1C=O. The van der Waals surface area contributed by atoms with Crippen molar-refractivity contribution in [1.82, 2.24) is 0 Å². The van der Waals surface area contributed by atoms with E-state index >= 15 is 0 Å². The van der Waals surface area contributed by atoms with Gasteiger partial charge < -0.3 is 4.90 Å². The van der Waals surface area contributed by atoms with Crippen LogP contribution in [0.5, 0.6) is 0 Å². The average molecular weight is 252 g/mol. The lowest BCUT2D eigenvalue weighted by atomic mass is 9.85. The molecule has 0 atom stereocenters. The smallest absolute Gasteiger partial charge is 0.152 e. The van der Waals surface area contributed by atoms with Crippen LogP contribution in [0.3, 0.4) is 0 Å². The Kier molecular flexibility index (Phi) is 4.06. The third-order valence-electron chi connectivity index (χ3n) is 3.55. The van der Waals surface area contributed by atoms with Gasteiger partial charge in [0, 0.05) is 29.4 Å². The molecule has 0 radical (unpaired) electrons. The predicted molar refractivity (Wildman–Crippen MR) is 72.1 cm³/mol. The van der Waals surface area contributed by atoms with Crippen molar-refractivity contribution in [2.24, 2.45) is 5.92 Å². The standard InChI is InChI=1S/C14H18ClNO/c1-2-16(9-11-4-3-5-11)14-8-13(15)7-6-12(14)10-17/h6-8,10-11H,2-5,9H2,1H3. The highest BCUT2D eigenvalue weighted by molar-refractivity contribution is 6.31. The highest BCUT2D eigenvalue weighted by Crippen LogP contribution is 2.30. The first-order chi connectivity index (χ1) is 8.24. The van der Waals surface area contributed by atoms with Gasteiger partial charge in [0.05, 0.1) is 0 Å². The zero-order valence-electron chi connectivity index (χ0n) is 10.2. The van der Waals surface area contributed by atoms with Crippen molar-refractivity contribution in [3.8, 4) is 0 Å². The zero-order chi connectivity index (χ0) is 12.3. The first kappa shape index (κ1) is 12.4. The maximum absolute atomic E-state index is 11.1. The fourth-order valence-electron chi connectivity index (χ4n) is 2.28. The van der Waals surface area contributed by atoms with Gasteiger partial charge in [0.15, 0.2) is 6.29 Å². The molecule has 2 nitrogen and oxygen atoms in total. The van der Waals surface area contributed by atoms with Crippen LogP contribution in [0.4, 0.5) is 5.69 Å². The normalized spacial score (nSPS) is 15.4. The molecule has 0 heterocycles. The topological polar surface area (TPSA) is 20.3 Å². The van der Waals surface area contributed by atoms with E-state index in [1.807, 2.05) is 6.07 Å².